The van der Waals surface area contributed by atoms with Crippen LogP contribution in [-0.4, -0.2) is 19.7 Å². The largest absolute Gasteiger partial charge is 0.305 e. The van der Waals surface area contributed by atoms with Gasteiger partial charge in [-0.25, -0.2) is 9.97 Å². The van der Waals surface area contributed by atoms with Crippen LogP contribution in [0.3, 0.4) is 0 Å². The highest BCUT2D eigenvalue weighted by Crippen LogP contribution is 1.95. The second-order valence-corrected chi connectivity index (χ2v) is 3.29. The van der Waals surface area contributed by atoms with E-state index in [2.05, 4.69) is 20.4 Å². The average Bonchev–Trinajstić information content (AvgIpc) is 2.66. The first-order chi connectivity index (χ1) is 7.34. The molecule has 0 atom stereocenters. The Hall–Kier alpha value is -1.75. The maximum Gasteiger partial charge on any atom is 0.115 e. The first-order valence-electron chi connectivity index (χ1n) is 4.79. The van der Waals surface area contributed by atoms with Crippen molar-refractivity contribution < 1.29 is 0 Å². The molecule has 2 rings (SSSR count). The van der Waals surface area contributed by atoms with Crippen LogP contribution in [0.2, 0.25) is 0 Å². The SMILES string of the molecule is Cn1ccc(CNCc2ccncn2)n1. The summed E-state index contributed by atoms with van der Waals surface area (Å²) in [6.45, 7) is 1.49. The molecule has 0 radical (unpaired) electrons. The van der Waals surface area contributed by atoms with Crippen molar-refractivity contribution in [3.63, 3.8) is 0 Å². The molecule has 0 saturated carbocycles. The van der Waals surface area contributed by atoms with Crippen molar-refractivity contribution in [2.75, 3.05) is 0 Å². The fourth-order valence-corrected chi connectivity index (χ4v) is 1.30. The van der Waals surface area contributed by atoms with Crippen molar-refractivity contribution in [1.82, 2.24) is 25.1 Å². The summed E-state index contributed by atoms with van der Waals surface area (Å²) in [6, 6.07) is 3.89. The Morgan fingerprint density at radius 3 is 2.80 bits per heavy atom. The first kappa shape index (κ1) is 9.79. The predicted molar refractivity (Wildman–Crippen MR) is 55.8 cm³/mol. The van der Waals surface area contributed by atoms with Crippen LogP contribution in [0.5, 0.6) is 0 Å². The molecular formula is C10H13N5. The van der Waals surface area contributed by atoms with Gasteiger partial charge in [0.2, 0.25) is 0 Å². The minimum atomic E-state index is 0.735. The van der Waals surface area contributed by atoms with Gasteiger partial charge in [0.25, 0.3) is 0 Å². The zero-order valence-corrected chi connectivity index (χ0v) is 8.59. The van der Waals surface area contributed by atoms with Crippen LogP contribution in [0, 0.1) is 0 Å². The third-order valence-corrected chi connectivity index (χ3v) is 2.02. The lowest BCUT2D eigenvalue weighted by Crippen LogP contribution is -2.14. The number of aromatic nitrogens is 4. The predicted octanol–water partition coefficient (Wildman–Crippen LogP) is 0.500. The molecule has 0 bridgehead atoms. The molecule has 0 saturated heterocycles. The third-order valence-electron chi connectivity index (χ3n) is 2.02. The molecular weight excluding hydrogens is 190 g/mol. The monoisotopic (exact) mass is 203 g/mol. The highest BCUT2D eigenvalue weighted by atomic mass is 15.3. The van der Waals surface area contributed by atoms with Gasteiger partial charge in [-0.1, -0.05) is 0 Å². The van der Waals surface area contributed by atoms with Crippen molar-refractivity contribution >= 4 is 0 Å². The van der Waals surface area contributed by atoms with Gasteiger partial charge < -0.3 is 5.32 Å². The van der Waals surface area contributed by atoms with Gasteiger partial charge in [0.15, 0.2) is 0 Å². The number of nitrogens with zero attached hydrogens (tertiary/aromatic N) is 4. The van der Waals surface area contributed by atoms with E-state index in [-0.39, 0.29) is 0 Å². The molecule has 2 heterocycles. The summed E-state index contributed by atoms with van der Waals surface area (Å²) in [5.41, 5.74) is 2.02. The van der Waals surface area contributed by atoms with Crippen LogP contribution in [-0.2, 0) is 20.1 Å². The minimum Gasteiger partial charge on any atom is -0.305 e. The molecule has 0 aliphatic carbocycles. The van der Waals surface area contributed by atoms with E-state index in [9.17, 15) is 0 Å². The van der Waals surface area contributed by atoms with Crippen LogP contribution in [0.15, 0.2) is 30.9 Å². The summed E-state index contributed by atoms with van der Waals surface area (Å²) >= 11 is 0. The number of hydrogen-bond acceptors (Lipinski definition) is 4. The van der Waals surface area contributed by atoms with E-state index in [0.29, 0.717) is 0 Å². The quantitative estimate of drug-likeness (QED) is 0.786. The van der Waals surface area contributed by atoms with Gasteiger partial charge in [-0.15, -0.1) is 0 Å². The highest BCUT2D eigenvalue weighted by molar-refractivity contribution is 5.00. The summed E-state index contributed by atoms with van der Waals surface area (Å²) in [7, 11) is 1.91. The maximum absolute atomic E-state index is 4.26. The van der Waals surface area contributed by atoms with E-state index in [1.54, 1.807) is 17.2 Å². The Morgan fingerprint density at radius 1 is 1.27 bits per heavy atom. The second-order valence-electron chi connectivity index (χ2n) is 3.29. The molecule has 0 fully saturated rings. The summed E-state index contributed by atoms with van der Waals surface area (Å²) < 4.78 is 1.79. The first-order valence-corrected chi connectivity index (χ1v) is 4.79. The lowest BCUT2D eigenvalue weighted by Gasteiger charge is -2.00. The van der Waals surface area contributed by atoms with E-state index >= 15 is 0 Å². The maximum atomic E-state index is 4.26. The van der Waals surface area contributed by atoms with Crippen molar-refractivity contribution in [1.29, 1.82) is 0 Å². The van der Waals surface area contributed by atoms with E-state index in [1.165, 1.54) is 0 Å². The van der Waals surface area contributed by atoms with E-state index in [1.807, 2.05) is 25.4 Å². The summed E-state index contributed by atoms with van der Waals surface area (Å²) in [5.74, 6) is 0. The molecule has 15 heavy (non-hydrogen) atoms. The van der Waals surface area contributed by atoms with Crippen molar-refractivity contribution in [3.05, 3.63) is 42.2 Å². The standard InChI is InChI=1S/C10H13N5/c1-15-5-3-10(14-15)7-12-6-9-2-4-11-8-13-9/h2-5,8,12H,6-7H2,1H3. The Morgan fingerprint density at radius 2 is 2.13 bits per heavy atom. The Balaban J connectivity index is 1.80. The highest BCUT2D eigenvalue weighted by Gasteiger charge is 1.96. The van der Waals surface area contributed by atoms with Gasteiger partial charge in [-0.3, -0.25) is 4.68 Å². The average molecular weight is 203 g/mol. The van der Waals surface area contributed by atoms with Crippen LogP contribution < -0.4 is 5.32 Å². The van der Waals surface area contributed by atoms with E-state index < -0.39 is 0 Å². The molecule has 2 aromatic heterocycles. The van der Waals surface area contributed by atoms with Crippen molar-refractivity contribution in [2.24, 2.45) is 7.05 Å². The summed E-state index contributed by atoms with van der Waals surface area (Å²) in [4.78, 5) is 7.98. The van der Waals surface area contributed by atoms with Crippen LogP contribution in [0.1, 0.15) is 11.4 Å². The Kier molecular flexibility index (Phi) is 3.04. The number of rotatable bonds is 4. The van der Waals surface area contributed by atoms with Crippen LogP contribution >= 0.6 is 0 Å². The van der Waals surface area contributed by atoms with E-state index in [4.69, 9.17) is 0 Å². The van der Waals surface area contributed by atoms with Gasteiger partial charge in [0.05, 0.1) is 11.4 Å². The molecule has 0 aliphatic rings. The number of aryl methyl sites for hydroxylation is 1. The van der Waals surface area contributed by atoms with Crippen molar-refractivity contribution in [2.45, 2.75) is 13.1 Å². The lowest BCUT2D eigenvalue weighted by atomic mass is 10.4. The fourth-order valence-electron chi connectivity index (χ4n) is 1.30. The normalized spacial score (nSPS) is 10.5. The Bertz CT molecular complexity index is 409. The van der Waals surface area contributed by atoms with Gasteiger partial charge in [-0.05, 0) is 12.1 Å². The van der Waals surface area contributed by atoms with Gasteiger partial charge in [0.1, 0.15) is 6.33 Å². The molecule has 5 heteroatoms. The summed E-state index contributed by atoms with van der Waals surface area (Å²) in [6.07, 6.45) is 5.23. The van der Waals surface area contributed by atoms with Gasteiger partial charge in [0, 0.05) is 32.5 Å². The molecule has 5 nitrogen and oxygen atoms in total. The minimum absolute atomic E-state index is 0.735. The molecule has 0 unspecified atom stereocenters. The molecule has 2 aromatic rings. The second kappa shape index (κ2) is 4.65. The molecule has 0 aromatic carbocycles. The zero-order chi connectivity index (χ0) is 10.5. The van der Waals surface area contributed by atoms with Crippen LogP contribution in [0.25, 0.3) is 0 Å². The Labute approximate surface area is 88.2 Å². The van der Waals surface area contributed by atoms with E-state index in [0.717, 1.165) is 24.5 Å². The number of nitrogens with one attached hydrogen (secondary N) is 1. The zero-order valence-electron chi connectivity index (χ0n) is 8.59. The topological polar surface area (TPSA) is 55.6 Å². The molecule has 0 amide bonds. The van der Waals surface area contributed by atoms with Gasteiger partial charge >= 0.3 is 0 Å². The number of hydrogen-bond donors (Lipinski definition) is 1. The fraction of sp³-hybridized carbons (Fsp3) is 0.300. The van der Waals surface area contributed by atoms with Crippen LogP contribution in [0.4, 0.5) is 0 Å². The smallest absolute Gasteiger partial charge is 0.115 e. The molecule has 78 valence electrons. The van der Waals surface area contributed by atoms with Crippen molar-refractivity contribution in [3.8, 4) is 0 Å². The van der Waals surface area contributed by atoms with Gasteiger partial charge in [-0.2, -0.15) is 5.10 Å². The summed E-state index contributed by atoms with van der Waals surface area (Å²) in [5, 5.41) is 7.53. The third kappa shape index (κ3) is 2.85. The molecule has 1 N–H and O–H groups in total. The lowest BCUT2D eigenvalue weighted by molar-refractivity contribution is 0.646. The molecule has 0 aliphatic heterocycles. The molecule has 0 spiro atoms.